The molecule has 0 N–H and O–H groups in total. The van der Waals surface area contributed by atoms with Crippen LogP contribution < -0.4 is 0 Å². The molecule has 4 rings (SSSR count). The minimum atomic E-state index is 0.111. The molecule has 1 heterocycles. The number of rotatable bonds is 0. The summed E-state index contributed by atoms with van der Waals surface area (Å²) in [6, 6.07) is 17.7. The quantitative estimate of drug-likeness (QED) is 0.654. The lowest BCUT2D eigenvalue weighted by molar-refractivity contribution is 0.367. The molecule has 0 bridgehead atoms. The highest BCUT2D eigenvalue weighted by molar-refractivity contribution is 5.76. The fourth-order valence-corrected chi connectivity index (χ4v) is 4.06. The predicted molar refractivity (Wildman–Crippen MR) is 83.9 cm³/mol. The molecule has 2 aliphatic rings. The Labute approximate surface area is 120 Å². The van der Waals surface area contributed by atoms with Gasteiger partial charge in [0.05, 0.1) is 0 Å². The summed E-state index contributed by atoms with van der Waals surface area (Å²) in [5.41, 5.74) is 7.19. The first-order valence-electron chi connectivity index (χ1n) is 7.25. The summed E-state index contributed by atoms with van der Waals surface area (Å²) < 4.78 is 0. The molecular weight excluding hydrogens is 242 g/mol. The first kappa shape index (κ1) is 11.9. The monoisotopic (exact) mass is 261 g/mol. The normalized spacial score (nSPS) is 24.8. The molecule has 1 spiro atoms. The fraction of sp³-hybridized carbons (Fsp3) is 0.263. The van der Waals surface area contributed by atoms with Crippen LogP contribution in [0.15, 0.2) is 60.7 Å². The van der Waals surface area contributed by atoms with Crippen LogP contribution in [0, 0.1) is 0 Å². The van der Waals surface area contributed by atoms with Crippen molar-refractivity contribution in [3.05, 3.63) is 71.8 Å². The maximum atomic E-state index is 4.41. The molecule has 0 saturated carbocycles. The molecule has 1 atom stereocenters. The van der Waals surface area contributed by atoms with E-state index in [2.05, 4.69) is 67.1 Å². The van der Waals surface area contributed by atoms with E-state index in [1.165, 1.54) is 27.8 Å². The molecule has 2 aromatic carbocycles. The second-order valence-electron chi connectivity index (χ2n) is 6.24. The Balaban J connectivity index is 2.00. The van der Waals surface area contributed by atoms with Crippen LogP contribution in [-0.4, -0.2) is 25.0 Å². The summed E-state index contributed by atoms with van der Waals surface area (Å²) in [6.07, 6.45) is 1.09. The summed E-state index contributed by atoms with van der Waals surface area (Å²) in [5.74, 6) is 0. The predicted octanol–water partition coefficient (Wildman–Crippen LogP) is 3.65. The maximum absolute atomic E-state index is 4.41. The molecule has 1 nitrogen and oxygen atoms in total. The topological polar surface area (TPSA) is 3.24 Å². The zero-order valence-electron chi connectivity index (χ0n) is 11.9. The van der Waals surface area contributed by atoms with E-state index in [4.69, 9.17) is 0 Å². The minimum Gasteiger partial charge on any atom is -0.301 e. The molecule has 0 amide bonds. The van der Waals surface area contributed by atoms with Gasteiger partial charge in [0.15, 0.2) is 0 Å². The minimum absolute atomic E-state index is 0.111. The van der Waals surface area contributed by atoms with E-state index in [-0.39, 0.29) is 5.41 Å². The van der Waals surface area contributed by atoms with E-state index < -0.39 is 0 Å². The number of benzene rings is 2. The van der Waals surface area contributed by atoms with Gasteiger partial charge in [-0.1, -0.05) is 60.7 Å². The zero-order chi connectivity index (χ0) is 13.7. The van der Waals surface area contributed by atoms with Gasteiger partial charge in [0.1, 0.15) is 0 Å². The maximum Gasteiger partial charge on any atom is 0.0345 e. The summed E-state index contributed by atoms with van der Waals surface area (Å²) in [7, 11) is 2.20. The molecule has 1 fully saturated rings. The summed E-state index contributed by atoms with van der Waals surface area (Å²) >= 11 is 0. The summed E-state index contributed by atoms with van der Waals surface area (Å²) in [6.45, 7) is 6.50. The lowest BCUT2D eigenvalue weighted by Gasteiger charge is -2.38. The van der Waals surface area contributed by atoms with E-state index in [0.717, 1.165) is 19.5 Å². The number of fused-ring (bicyclic) bond motifs is 4. The van der Waals surface area contributed by atoms with Gasteiger partial charge < -0.3 is 4.90 Å². The van der Waals surface area contributed by atoms with Crippen LogP contribution >= 0.6 is 0 Å². The van der Waals surface area contributed by atoms with Crippen molar-refractivity contribution < 1.29 is 0 Å². The molecular formula is C19H19N. The Bertz CT molecular complexity index is 700. The van der Waals surface area contributed by atoms with Gasteiger partial charge >= 0.3 is 0 Å². The zero-order valence-corrected chi connectivity index (χ0v) is 11.9. The molecule has 20 heavy (non-hydrogen) atoms. The van der Waals surface area contributed by atoms with Crippen molar-refractivity contribution in [2.45, 2.75) is 11.8 Å². The molecule has 1 saturated heterocycles. The van der Waals surface area contributed by atoms with Gasteiger partial charge in [-0.25, -0.2) is 0 Å². The number of likely N-dealkylation sites (N-methyl/N-ethyl adjacent to an activating group) is 1. The van der Waals surface area contributed by atoms with Gasteiger partial charge in [-0.3, -0.25) is 0 Å². The van der Waals surface area contributed by atoms with Crippen molar-refractivity contribution in [1.82, 2.24) is 4.90 Å². The third kappa shape index (κ3) is 1.47. The highest BCUT2D eigenvalue weighted by Crippen LogP contribution is 2.49. The lowest BCUT2D eigenvalue weighted by Crippen LogP contribution is -2.36. The van der Waals surface area contributed by atoms with Gasteiger partial charge in [0.25, 0.3) is 0 Å². The van der Waals surface area contributed by atoms with Crippen molar-refractivity contribution in [2.24, 2.45) is 0 Å². The molecule has 1 aliphatic carbocycles. The molecule has 2 aromatic rings. The third-order valence-electron chi connectivity index (χ3n) is 4.92. The van der Waals surface area contributed by atoms with Crippen LogP contribution in [0.2, 0.25) is 0 Å². The van der Waals surface area contributed by atoms with Crippen LogP contribution in [-0.2, 0) is 11.8 Å². The van der Waals surface area contributed by atoms with Crippen molar-refractivity contribution in [3.63, 3.8) is 0 Å². The van der Waals surface area contributed by atoms with Crippen LogP contribution in [0.3, 0.4) is 0 Å². The average Bonchev–Trinajstić information content (AvgIpc) is 2.74. The molecule has 1 aliphatic heterocycles. The summed E-state index contributed by atoms with van der Waals surface area (Å²) in [4.78, 5) is 2.40. The van der Waals surface area contributed by atoms with E-state index in [9.17, 15) is 0 Å². The van der Waals surface area contributed by atoms with Gasteiger partial charge in [-0.2, -0.15) is 0 Å². The fourth-order valence-electron chi connectivity index (χ4n) is 4.06. The van der Waals surface area contributed by atoms with Crippen LogP contribution in [0.25, 0.3) is 11.1 Å². The van der Waals surface area contributed by atoms with Gasteiger partial charge in [-0.15, -0.1) is 0 Å². The smallest absolute Gasteiger partial charge is 0.0345 e. The largest absolute Gasteiger partial charge is 0.301 e. The molecule has 100 valence electrons. The summed E-state index contributed by atoms with van der Waals surface area (Å²) in [5, 5.41) is 0. The van der Waals surface area contributed by atoms with Crippen LogP contribution in [0.5, 0.6) is 0 Å². The van der Waals surface area contributed by atoms with E-state index in [1.807, 2.05) is 0 Å². The van der Waals surface area contributed by atoms with Crippen molar-refractivity contribution >= 4 is 0 Å². The molecule has 0 aromatic heterocycles. The van der Waals surface area contributed by atoms with Gasteiger partial charge in [0, 0.05) is 18.5 Å². The standard InChI is InChI=1S/C19H19N/c1-14-12-20(2)13-19(14)11-15-7-3-4-8-16(15)17-9-5-6-10-18(17)19/h3-10H,1,11-13H2,2H3. The lowest BCUT2D eigenvalue weighted by atomic mass is 9.65. The highest BCUT2D eigenvalue weighted by atomic mass is 15.1. The Hall–Kier alpha value is -1.86. The molecule has 1 heteroatoms. The Morgan fingerprint density at radius 2 is 1.70 bits per heavy atom. The SMILES string of the molecule is C=C1CN(C)CC12Cc1ccccc1-c1ccccc12. The van der Waals surface area contributed by atoms with E-state index in [0.29, 0.717) is 0 Å². The number of hydrogen-bond donors (Lipinski definition) is 0. The second kappa shape index (κ2) is 4.07. The van der Waals surface area contributed by atoms with E-state index >= 15 is 0 Å². The van der Waals surface area contributed by atoms with Crippen molar-refractivity contribution in [3.8, 4) is 11.1 Å². The van der Waals surface area contributed by atoms with Crippen molar-refractivity contribution in [2.75, 3.05) is 20.1 Å². The number of hydrogen-bond acceptors (Lipinski definition) is 1. The molecule has 1 unspecified atom stereocenters. The van der Waals surface area contributed by atoms with E-state index in [1.54, 1.807) is 0 Å². The van der Waals surface area contributed by atoms with Gasteiger partial charge in [0.2, 0.25) is 0 Å². The van der Waals surface area contributed by atoms with Crippen LogP contribution in [0.1, 0.15) is 11.1 Å². The van der Waals surface area contributed by atoms with Crippen LogP contribution in [0.4, 0.5) is 0 Å². The van der Waals surface area contributed by atoms with Crippen molar-refractivity contribution in [1.29, 1.82) is 0 Å². The average molecular weight is 261 g/mol. The number of nitrogens with zero attached hydrogens (tertiary/aromatic N) is 1. The Morgan fingerprint density at radius 1 is 1.00 bits per heavy atom. The first-order valence-corrected chi connectivity index (χ1v) is 7.25. The van der Waals surface area contributed by atoms with Gasteiger partial charge in [-0.05, 0) is 35.7 Å². The second-order valence-corrected chi connectivity index (χ2v) is 6.24. The Morgan fingerprint density at radius 3 is 2.45 bits per heavy atom. The first-order chi connectivity index (χ1) is 9.71. The third-order valence-corrected chi connectivity index (χ3v) is 4.92. The Kier molecular flexibility index (Phi) is 2.42. The number of likely N-dealkylation sites (tertiary alicyclic amines) is 1. The highest BCUT2D eigenvalue weighted by Gasteiger charge is 2.45. The molecule has 0 radical (unpaired) electrons.